The average Bonchev–Trinajstić information content (AvgIpc) is 3.52. The number of hydrogen-bond donors (Lipinski definition) is 1. The highest BCUT2D eigenvalue weighted by atomic mass is 16.5. The summed E-state index contributed by atoms with van der Waals surface area (Å²) in [6.07, 6.45) is 2.90. The number of amides is 1. The number of carbonyl (C=O) groups is 1. The second kappa shape index (κ2) is 9.69. The summed E-state index contributed by atoms with van der Waals surface area (Å²) in [7, 11) is 0. The number of aryl methyl sites for hydroxylation is 2. The maximum absolute atomic E-state index is 12.9. The number of rotatable bonds is 8. The van der Waals surface area contributed by atoms with Gasteiger partial charge in [-0.15, -0.1) is 0 Å². The summed E-state index contributed by atoms with van der Waals surface area (Å²) in [4.78, 5) is 42.3. The quantitative estimate of drug-likeness (QED) is 0.418. The summed E-state index contributed by atoms with van der Waals surface area (Å²) >= 11 is 0. The Hall–Kier alpha value is -4.28. The molecule has 1 N–H and O–H groups in total. The van der Waals surface area contributed by atoms with E-state index >= 15 is 0 Å². The van der Waals surface area contributed by atoms with Gasteiger partial charge in [-0.2, -0.15) is 14.8 Å². The van der Waals surface area contributed by atoms with Crippen LogP contribution in [0.1, 0.15) is 42.3 Å². The number of nitrogens with zero attached hydrogens (tertiary/aromatic N) is 5. The molecule has 11 nitrogen and oxygen atoms in total. The first kappa shape index (κ1) is 22.9. The van der Waals surface area contributed by atoms with Crippen LogP contribution in [0.5, 0.6) is 0 Å². The van der Waals surface area contributed by atoms with Gasteiger partial charge in [0.25, 0.3) is 5.56 Å². The molecular weight excluding hydrogens is 440 g/mol. The molecule has 176 valence electrons. The van der Waals surface area contributed by atoms with Gasteiger partial charge in [0, 0.05) is 19.0 Å². The predicted octanol–water partition coefficient (Wildman–Crippen LogP) is 2.12. The molecule has 0 bridgehead atoms. The summed E-state index contributed by atoms with van der Waals surface area (Å²) in [6, 6.07) is 10.6. The molecule has 3 heterocycles. The average molecular weight is 464 g/mol. The lowest BCUT2D eigenvalue weighted by molar-refractivity contribution is 0.0893. The van der Waals surface area contributed by atoms with Crippen molar-refractivity contribution in [1.29, 1.82) is 0 Å². The van der Waals surface area contributed by atoms with Gasteiger partial charge in [-0.3, -0.25) is 14.2 Å². The Morgan fingerprint density at radius 1 is 1.18 bits per heavy atom. The molecule has 0 saturated carbocycles. The molecule has 3 aromatic heterocycles. The third-order valence-corrected chi connectivity index (χ3v) is 5.27. The van der Waals surface area contributed by atoms with Crippen molar-refractivity contribution in [2.75, 3.05) is 0 Å². The van der Waals surface area contributed by atoms with E-state index in [1.54, 1.807) is 31.4 Å². The molecule has 0 saturated heterocycles. The van der Waals surface area contributed by atoms with Crippen molar-refractivity contribution in [3.8, 4) is 17.2 Å². The molecule has 4 rings (SSSR count). The fourth-order valence-corrected chi connectivity index (χ4v) is 3.37. The summed E-state index contributed by atoms with van der Waals surface area (Å²) in [5.41, 5.74) is 0.0250. The minimum absolute atomic E-state index is 0.122. The maximum atomic E-state index is 12.9. The van der Waals surface area contributed by atoms with E-state index in [4.69, 9.17) is 8.94 Å². The predicted molar refractivity (Wildman–Crippen MR) is 122 cm³/mol. The van der Waals surface area contributed by atoms with E-state index in [-0.39, 0.29) is 30.0 Å². The zero-order chi connectivity index (χ0) is 24.2. The molecule has 0 spiro atoms. The Balaban J connectivity index is 1.59. The van der Waals surface area contributed by atoms with Gasteiger partial charge < -0.3 is 14.3 Å². The van der Waals surface area contributed by atoms with Crippen LogP contribution in [0.25, 0.3) is 17.2 Å². The lowest BCUT2D eigenvalue weighted by atomic mass is 10.1. The molecular formula is C23H24N6O5. The van der Waals surface area contributed by atoms with Crippen molar-refractivity contribution in [3.05, 3.63) is 80.7 Å². The van der Waals surface area contributed by atoms with Gasteiger partial charge in [0.2, 0.25) is 5.82 Å². The molecule has 0 aliphatic carbocycles. The van der Waals surface area contributed by atoms with Crippen molar-refractivity contribution in [1.82, 2.24) is 29.8 Å². The molecule has 0 aliphatic heterocycles. The van der Waals surface area contributed by atoms with Crippen LogP contribution in [0.2, 0.25) is 0 Å². The number of carbonyl (C=O) groups excluding carboxylic acids is 1. The van der Waals surface area contributed by atoms with Crippen molar-refractivity contribution >= 4 is 5.91 Å². The topological polar surface area (TPSA) is 138 Å². The Labute approximate surface area is 194 Å². The highest BCUT2D eigenvalue weighted by Crippen LogP contribution is 2.12. The molecule has 0 radical (unpaired) electrons. The third kappa shape index (κ3) is 4.72. The molecule has 0 fully saturated rings. The Bertz CT molecular complexity index is 1400. The van der Waals surface area contributed by atoms with Crippen LogP contribution >= 0.6 is 0 Å². The molecule has 11 heteroatoms. The molecule has 4 aromatic rings. The number of aromatic nitrogens is 5. The monoisotopic (exact) mass is 464 g/mol. The van der Waals surface area contributed by atoms with E-state index < -0.39 is 17.2 Å². The van der Waals surface area contributed by atoms with Crippen LogP contribution < -0.4 is 16.6 Å². The van der Waals surface area contributed by atoms with Crippen LogP contribution in [-0.2, 0) is 13.0 Å². The first-order valence-corrected chi connectivity index (χ1v) is 10.9. The molecule has 1 amide bonds. The fourth-order valence-electron chi connectivity index (χ4n) is 3.37. The normalized spacial score (nSPS) is 12.0. The SMILES string of the molecule is CCn1c(=O)c(-c2noc(C(=O)N[C@H](C)CCc3ccco3)n2)nn(-c2ccc(C)cc2)c1=O. The van der Waals surface area contributed by atoms with Crippen molar-refractivity contribution in [3.63, 3.8) is 0 Å². The summed E-state index contributed by atoms with van der Waals surface area (Å²) in [6.45, 7) is 5.56. The van der Waals surface area contributed by atoms with Gasteiger partial charge in [-0.1, -0.05) is 22.9 Å². The Kier molecular flexibility index (Phi) is 6.53. The second-order valence-corrected chi connectivity index (χ2v) is 7.84. The Morgan fingerprint density at radius 2 is 1.94 bits per heavy atom. The number of nitrogens with one attached hydrogen (secondary N) is 1. The van der Waals surface area contributed by atoms with E-state index in [1.165, 1.54) is 0 Å². The first-order valence-electron chi connectivity index (χ1n) is 10.9. The molecule has 1 aromatic carbocycles. The van der Waals surface area contributed by atoms with Gasteiger partial charge in [-0.05, 0) is 51.5 Å². The maximum Gasteiger partial charge on any atom is 0.352 e. The largest absolute Gasteiger partial charge is 0.469 e. The number of benzene rings is 1. The standard InChI is InChI=1S/C23H24N6O5/c1-4-28-22(31)18(26-29(23(28)32)16-10-7-14(2)8-11-16)19-25-21(34-27-19)20(30)24-15(3)9-12-17-6-5-13-33-17/h5-8,10-11,13,15H,4,9,12H2,1-3H3,(H,24,30)/t15-/m1/s1. The highest BCUT2D eigenvalue weighted by Gasteiger charge is 2.23. The van der Waals surface area contributed by atoms with Crippen LogP contribution in [-0.4, -0.2) is 36.4 Å². The lowest BCUT2D eigenvalue weighted by Crippen LogP contribution is -2.41. The fraction of sp³-hybridized carbons (Fsp3) is 0.304. The van der Waals surface area contributed by atoms with Gasteiger partial charge in [0.1, 0.15) is 5.76 Å². The van der Waals surface area contributed by atoms with E-state index in [2.05, 4.69) is 20.6 Å². The summed E-state index contributed by atoms with van der Waals surface area (Å²) in [5, 5.41) is 10.7. The minimum atomic E-state index is -0.671. The van der Waals surface area contributed by atoms with E-state index in [9.17, 15) is 14.4 Å². The van der Waals surface area contributed by atoms with E-state index in [1.807, 2.05) is 32.0 Å². The van der Waals surface area contributed by atoms with E-state index in [0.29, 0.717) is 18.5 Å². The third-order valence-electron chi connectivity index (χ3n) is 5.27. The van der Waals surface area contributed by atoms with Crippen molar-refractivity contribution < 1.29 is 13.7 Å². The summed E-state index contributed by atoms with van der Waals surface area (Å²) < 4.78 is 12.5. The van der Waals surface area contributed by atoms with E-state index in [0.717, 1.165) is 20.6 Å². The minimum Gasteiger partial charge on any atom is -0.469 e. The van der Waals surface area contributed by atoms with Gasteiger partial charge >= 0.3 is 17.5 Å². The molecule has 34 heavy (non-hydrogen) atoms. The van der Waals surface area contributed by atoms with Crippen molar-refractivity contribution in [2.45, 2.75) is 46.2 Å². The second-order valence-electron chi connectivity index (χ2n) is 7.84. The molecule has 1 atom stereocenters. The van der Waals surface area contributed by atoms with Gasteiger partial charge in [0.15, 0.2) is 5.69 Å². The number of hydrogen-bond acceptors (Lipinski definition) is 8. The van der Waals surface area contributed by atoms with Crippen LogP contribution in [0, 0.1) is 6.92 Å². The first-order chi connectivity index (χ1) is 16.4. The lowest BCUT2D eigenvalue weighted by Gasteiger charge is -2.11. The zero-order valence-corrected chi connectivity index (χ0v) is 19.0. The summed E-state index contributed by atoms with van der Waals surface area (Å²) in [5.74, 6) is -0.241. The van der Waals surface area contributed by atoms with Gasteiger partial charge in [0.05, 0.1) is 12.0 Å². The smallest absolute Gasteiger partial charge is 0.352 e. The zero-order valence-electron chi connectivity index (χ0n) is 19.0. The Morgan fingerprint density at radius 3 is 2.62 bits per heavy atom. The highest BCUT2D eigenvalue weighted by molar-refractivity contribution is 5.90. The van der Waals surface area contributed by atoms with Crippen LogP contribution in [0.3, 0.4) is 0 Å². The molecule has 0 unspecified atom stereocenters. The van der Waals surface area contributed by atoms with Gasteiger partial charge in [-0.25, -0.2) is 4.79 Å². The van der Waals surface area contributed by atoms with Crippen LogP contribution in [0.15, 0.2) is 61.2 Å². The van der Waals surface area contributed by atoms with Crippen LogP contribution in [0.4, 0.5) is 0 Å². The molecule has 0 aliphatic rings. The van der Waals surface area contributed by atoms with Crippen molar-refractivity contribution in [2.24, 2.45) is 0 Å². The number of furan rings is 1.